The van der Waals surface area contributed by atoms with Crippen LogP contribution in [0.4, 0.5) is 0 Å². The number of rotatable bonds is 6. The molecule has 0 radical (unpaired) electrons. The van der Waals surface area contributed by atoms with Crippen LogP contribution < -0.4 is 4.74 Å². The second-order valence-corrected chi connectivity index (χ2v) is 15.4. The Balaban J connectivity index is 2.11. The van der Waals surface area contributed by atoms with E-state index in [0.29, 0.717) is 27.9 Å². The van der Waals surface area contributed by atoms with Crippen molar-refractivity contribution in [2.75, 3.05) is 7.11 Å². The normalized spacial score (nSPS) is 24.9. The van der Waals surface area contributed by atoms with Crippen LogP contribution in [0, 0.1) is 0 Å². The van der Waals surface area contributed by atoms with Crippen molar-refractivity contribution in [2.45, 2.75) is 95.9 Å². The molecule has 2 aliphatic heterocycles. The number of carbonyl (C=O) groups is 1. The van der Waals surface area contributed by atoms with Crippen molar-refractivity contribution in [3.8, 4) is 11.5 Å². The third-order valence-corrected chi connectivity index (χ3v) is 13.0. The van der Waals surface area contributed by atoms with Gasteiger partial charge in [0.25, 0.3) is 0 Å². The van der Waals surface area contributed by atoms with Gasteiger partial charge in [0.05, 0.1) is 24.7 Å². The van der Waals surface area contributed by atoms with Crippen LogP contribution >= 0.6 is 0 Å². The Hall–Kier alpha value is -1.57. The van der Waals surface area contributed by atoms with Crippen LogP contribution in [-0.2, 0) is 13.9 Å². The number of phenolic OH excluding ortho intramolecular Hbond substituents is 1. The number of phenols is 1. The van der Waals surface area contributed by atoms with E-state index in [0.717, 1.165) is 0 Å². The predicted octanol–water partition coefficient (Wildman–Crippen LogP) is 5.35. The Morgan fingerprint density at radius 3 is 2.17 bits per heavy atom. The minimum Gasteiger partial charge on any atom is -0.507 e. The van der Waals surface area contributed by atoms with E-state index in [-0.39, 0.29) is 23.3 Å². The molecule has 1 fully saturated rings. The lowest BCUT2D eigenvalue weighted by Gasteiger charge is -2.46. The van der Waals surface area contributed by atoms with Gasteiger partial charge < -0.3 is 23.7 Å². The summed E-state index contributed by atoms with van der Waals surface area (Å²) in [7, 11) is -0.930. The largest absolute Gasteiger partial charge is 0.507 e. The minimum absolute atomic E-state index is 0.104. The van der Waals surface area contributed by atoms with Crippen molar-refractivity contribution in [1.29, 1.82) is 0 Å². The van der Waals surface area contributed by atoms with Gasteiger partial charge in [-0.05, 0) is 42.6 Å². The van der Waals surface area contributed by atoms with Gasteiger partial charge in [0.1, 0.15) is 17.1 Å². The summed E-state index contributed by atoms with van der Waals surface area (Å²) in [5.74, 6) is -0.467. The first-order valence-corrected chi connectivity index (χ1v) is 13.0. The van der Waals surface area contributed by atoms with Gasteiger partial charge in [0.15, 0.2) is 0 Å². The molecule has 0 bridgehead atoms. The molecule has 1 saturated heterocycles. The molecule has 0 spiro atoms. The van der Waals surface area contributed by atoms with Crippen molar-refractivity contribution >= 4 is 14.3 Å². The molecule has 1 aromatic carbocycles. The summed E-state index contributed by atoms with van der Waals surface area (Å²) in [6.45, 7) is 17.5. The van der Waals surface area contributed by atoms with Crippen molar-refractivity contribution < 1.29 is 28.5 Å². The first kappa shape index (κ1) is 23.1. The fraction of sp³-hybridized carbons (Fsp3) is 0.696. The Morgan fingerprint density at radius 2 is 1.67 bits per heavy atom. The van der Waals surface area contributed by atoms with E-state index in [2.05, 4.69) is 41.5 Å². The molecular formula is C23H36O6Si. The van der Waals surface area contributed by atoms with Crippen molar-refractivity contribution in [1.82, 2.24) is 0 Å². The summed E-state index contributed by atoms with van der Waals surface area (Å²) >= 11 is 0. The third-order valence-electron chi connectivity index (χ3n) is 6.92. The lowest BCUT2D eigenvalue weighted by molar-refractivity contribution is -0.117. The summed E-state index contributed by atoms with van der Waals surface area (Å²) in [5, 5.41) is 11.0. The molecule has 2 heterocycles. The van der Waals surface area contributed by atoms with Crippen LogP contribution in [0.3, 0.4) is 0 Å². The summed E-state index contributed by atoms with van der Waals surface area (Å²) in [6.07, 6.45) is -0.863. The second kappa shape index (κ2) is 7.84. The standard InChI is InChI=1S/C23H36O6Si/c1-12(2)30(13(3)4,14(5)6)29-20-18-17-16(27-22(18)28-23(20,7)8)11-10-15(19(17)24)21(25)26-9/h10-14,18,20,22,24H,1-9H3/t18-,20-,22+/m1/s1. The van der Waals surface area contributed by atoms with Gasteiger partial charge in [-0.25, -0.2) is 4.79 Å². The Bertz CT molecular complexity index is 794. The average molecular weight is 437 g/mol. The molecule has 0 saturated carbocycles. The van der Waals surface area contributed by atoms with E-state index >= 15 is 0 Å². The summed E-state index contributed by atoms with van der Waals surface area (Å²) in [4.78, 5) is 12.2. The number of hydrogen-bond acceptors (Lipinski definition) is 6. The minimum atomic E-state index is -2.23. The van der Waals surface area contributed by atoms with Gasteiger partial charge in [-0.1, -0.05) is 41.5 Å². The van der Waals surface area contributed by atoms with Crippen LogP contribution in [0.5, 0.6) is 11.5 Å². The molecule has 0 unspecified atom stereocenters. The Morgan fingerprint density at radius 1 is 1.10 bits per heavy atom. The van der Waals surface area contributed by atoms with Crippen LogP contribution in [-0.4, -0.2) is 44.5 Å². The van der Waals surface area contributed by atoms with Gasteiger partial charge >= 0.3 is 5.97 Å². The number of benzene rings is 1. The summed E-state index contributed by atoms with van der Waals surface area (Å²) < 4.78 is 24.3. The molecular weight excluding hydrogens is 400 g/mol. The monoisotopic (exact) mass is 436 g/mol. The molecule has 3 rings (SSSR count). The van der Waals surface area contributed by atoms with Crippen molar-refractivity contribution in [3.05, 3.63) is 23.3 Å². The zero-order valence-electron chi connectivity index (χ0n) is 19.6. The Labute approximate surface area is 181 Å². The number of fused-ring (bicyclic) bond motifs is 3. The number of ether oxygens (including phenoxy) is 3. The Kier molecular flexibility index (Phi) is 6.04. The van der Waals surface area contributed by atoms with E-state index in [1.54, 1.807) is 6.07 Å². The van der Waals surface area contributed by atoms with E-state index in [9.17, 15) is 9.90 Å². The lowest BCUT2D eigenvalue weighted by atomic mass is 9.87. The summed E-state index contributed by atoms with van der Waals surface area (Å²) in [5.41, 5.74) is 1.33. The first-order valence-electron chi connectivity index (χ1n) is 10.8. The molecule has 0 aliphatic carbocycles. The highest BCUT2D eigenvalue weighted by atomic mass is 28.4. The van der Waals surface area contributed by atoms with E-state index in [4.69, 9.17) is 18.6 Å². The highest BCUT2D eigenvalue weighted by Gasteiger charge is 2.60. The molecule has 1 N–H and O–H groups in total. The number of aromatic hydroxyl groups is 1. The number of esters is 1. The van der Waals surface area contributed by atoms with Gasteiger partial charge in [0.2, 0.25) is 14.6 Å². The molecule has 0 amide bonds. The van der Waals surface area contributed by atoms with Gasteiger partial charge in [-0.2, -0.15) is 0 Å². The maximum atomic E-state index is 12.2. The van der Waals surface area contributed by atoms with Crippen LogP contribution in [0.2, 0.25) is 16.6 Å². The van der Waals surface area contributed by atoms with E-state index < -0.39 is 26.2 Å². The van der Waals surface area contributed by atoms with E-state index in [1.807, 2.05) is 13.8 Å². The van der Waals surface area contributed by atoms with Crippen molar-refractivity contribution in [2.24, 2.45) is 0 Å². The van der Waals surface area contributed by atoms with Crippen molar-refractivity contribution in [3.63, 3.8) is 0 Å². The SMILES string of the molecule is COC(=O)c1ccc2c(c1O)[C@H]1[C@@H](O2)OC(C)(C)[C@@H]1O[Si](C(C)C)(C(C)C)C(C)C. The van der Waals surface area contributed by atoms with Gasteiger partial charge in [0, 0.05) is 5.56 Å². The third kappa shape index (κ3) is 3.35. The zero-order chi connectivity index (χ0) is 22.6. The predicted molar refractivity (Wildman–Crippen MR) is 118 cm³/mol. The molecule has 6 nitrogen and oxygen atoms in total. The zero-order valence-corrected chi connectivity index (χ0v) is 20.6. The molecule has 168 valence electrons. The number of hydrogen-bond donors (Lipinski definition) is 1. The first-order chi connectivity index (χ1) is 13.9. The smallest absolute Gasteiger partial charge is 0.341 e. The maximum absolute atomic E-state index is 12.2. The topological polar surface area (TPSA) is 74.2 Å². The highest BCUT2D eigenvalue weighted by Crippen LogP contribution is 2.57. The van der Waals surface area contributed by atoms with Gasteiger partial charge in [-0.3, -0.25) is 0 Å². The maximum Gasteiger partial charge on any atom is 0.341 e. The number of carbonyl (C=O) groups excluding carboxylic acids is 1. The van der Waals surface area contributed by atoms with E-state index in [1.165, 1.54) is 13.2 Å². The lowest BCUT2D eigenvalue weighted by Crippen LogP contribution is -2.54. The molecule has 3 atom stereocenters. The quantitative estimate of drug-likeness (QED) is 0.479. The molecule has 30 heavy (non-hydrogen) atoms. The molecule has 7 heteroatoms. The van der Waals surface area contributed by atoms with Crippen LogP contribution in [0.25, 0.3) is 0 Å². The fourth-order valence-corrected chi connectivity index (χ4v) is 11.3. The molecule has 1 aromatic rings. The number of methoxy groups -OCH3 is 1. The fourth-order valence-electron chi connectivity index (χ4n) is 5.66. The summed E-state index contributed by atoms with van der Waals surface area (Å²) in [6, 6.07) is 3.22. The molecule has 2 aliphatic rings. The molecule has 0 aromatic heterocycles. The average Bonchev–Trinajstić information content (AvgIpc) is 3.09. The van der Waals surface area contributed by atoms with Crippen LogP contribution in [0.15, 0.2) is 12.1 Å². The van der Waals surface area contributed by atoms with Gasteiger partial charge in [-0.15, -0.1) is 0 Å². The van der Waals surface area contributed by atoms with Crippen LogP contribution in [0.1, 0.15) is 77.2 Å². The highest BCUT2D eigenvalue weighted by molar-refractivity contribution is 6.77. The second-order valence-electron chi connectivity index (χ2n) is 9.95.